The first-order chi connectivity index (χ1) is 49.9. The Bertz CT molecular complexity index is 6420. The molecule has 0 aliphatic carbocycles. The number of nitrogens with zero attached hydrogens (tertiary/aromatic N) is 5. The molecule has 0 unspecified atom stereocenters. The average Bonchev–Trinajstić information content (AvgIpc) is 0.647. The molecule has 0 aromatic heterocycles. The molecule has 0 amide bonds. The van der Waals surface area contributed by atoms with Gasteiger partial charge >= 0.3 is 0 Å². The van der Waals surface area contributed by atoms with Gasteiger partial charge in [0.1, 0.15) is 46.5 Å². The van der Waals surface area contributed by atoms with E-state index in [9.17, 15) is 0 Å². The molecule has 22 rings (SSSR count). The number of ether oxygens (including phenoxy) is 1. The van der Waals surface area contributed by atoms with Crippen LogP contribution >= 0.6 is 0 Å². The first-order valence-electron chi connectivity index (χ1n) is 34.2. The van der Waals surface area contributed by atoms with E-state index in [-0.39, 0.29) is 22.7 Å². The van der Waals surface area contributed by atoms with Crippen LogP contribution in [0.5, 0.6) is 11.5 Å². The lowest BCUT2D eigenvalue weighted by Crippen LogP contribution is -2.69. The van der Waals surface area contributed by atoms with Gasteiger partial charge in [0.05, 0.1) is 34.1 Å². The summed E-state index contributed by atoms with van der Waals surface area (Å²) in [6, 6.07) is 68.9. The van der Waals surface area contributed by atoms with Crippen molar-refractivity contribution in [3.63, 3.8) is 0 Å². The quantitative estimate of drug-likeness (QED) is 0.129. The van der Waals surface area contributed by atoms with Gasteiger partial charge in [0, 0.05) is 86.2 Å². The maximum atomic E-state index is 16.9. The van der Waals surface area contributed by atoms with E-state index in [4.69, 9.17) is 4.74 Å². The van der Waals surface area contributed by atoms with Crippen LogP contribution in [-0.4, -0.2) is 20.1 Å². The van der Waals surface area contributed by atoms with Gasteiger partial charge in [-0.05, 0) is 177 Å². The van der Waals surface area contributed by atoms with E-state index in [0.717, 1.165) is 123 Å². The molecule has 0 saturated carbocycles. The molecular formula is C86H48B3F8N5O. The summed E-state index contributed by atoms with van der Waals surface area (Å²) >= 11 is 0. The van der Waals surface area contributed by atoms with Crippen LogP contribution < -0.4 is 78.4 Å². The van der Waals surface area contributed by atoms with Crippen molar-refractivity contribution in [2.45, 2.75) is 26.2 Å². The Balaban J connectivity index is 0.932. The Morgan fingerprint density at radius 2 is 0.553 bits per heavy atom. The molecule has 0 spiro atoms. The van der Waals surface area contributed by atoms with Gasteiger partial charge in [0.15, 0.2) is 11.5 Å². The van der Waals surface area contributed by atoms with Crippen LogP contribution in [-0.2, 0) is 5.41 Å². The number of halogens is 8. The van der Waals surface area contributed by atoms with Crippen molar-refractivity contribution in [1.29, 1.82) is 0 Å². The zero-order valence-electron chi connectivity index (χ0n) is 54.9. The van der Waals surface area contributed by atoms with E-state index in [1.54, 1.807) is 0 Å². The van der Waals surface area contributed by atoms with E-state index < -0.39 is 72.1 Å². The first-order valence-corrected chi connectivity index (χ1v) is 34.2. The second-order valence-corrected chi connectivity index (χ2v) is 29.1. The molecule has 6 nitrogen and oxygen atoms in total. The van der Waals surface area contributed by atoms with Crippen molar-refractivity contribution in [2.75, 3.05) is 24.5 Å². The Kier molecular flexibility index (Phi) is 11.5. The SMILES string of the molecule is CC(C)(C)c1cc2c3c(c1)N(c1cc(F)cc(F)c1)c1cc4ccccc4cc1B3c1cc3c(cc1N2c1cc(F)cc(F)c1)N(c1cc(F)cc(F)c1)c1cc2c4c5c1B3c1cc3ccccc3c3c1N5c1c(cc5ccccc5c1O3)B4c1cc3ccccc3cc1N2c1cc(F)cc(F)c1. The monoisotopic (exact) mass is 1350 g/mol. The molecule has 7 aliphatic heterocycles. The van der Waals surface area contributed by atoms with E-state index in [1.165, 1.54) is 48.5 Å². The molecule has 0 N–H and O–H groups in total. The summed E-state index contributed by atoms with van der Waals surface area (Å²) < 4.78 is 140. The van der Waals surface area contributed by atoms with Crippen molar-refractivity contribution in [3.8, 4) is 11.5 Å². The maximum absolute atomic E-state index is 16.9. The zero-order valence-corrected chi connectivity index (χ0v) is 54.9. The second kappa shape index (κ2) is 20.3. The van der Waals surface area contributed by atoms with Crippen LogP contribution in [0.4, 0.5) is 120 Å². The van der Waals surface area contributed by atoms with Gasteiger partial charge in [-0.2, -0.15) is 0 Å². The number of fused-ring (bicyclic) bond motifs is 16. The molecule has 0 radical (unpaired) electrons. The standard InChI is InChI=1S/C86H48B3F8N5O/c1-86(2,3)49-26-74-78-75(27-49)100(60-36-54(94)30-55(95)37-60)72-41-73-67(40-66(72)87(78)64-20-43-12-4-6-14-45(43)24-70(64)98(74)58-32-50(90)28-51(91)33-58)89-69-23-48-17-9-11-19-63(48)85-82(69)102-81-68(22-47-16-8-10-18-62(47)84(81)103-85)88-65-21-44-13-5-7-15-46(44)25-71(65)99(59-34-52(92)29-53(93)35-59)76-42-77(80(89)83(102)79(76)88)101(73)61-38-56(96)31-57(97)39-61/h4-42H,1-3H3. The predicted octanol–water partition coefficient (Wildman–Crippen LogP) is 17.6. The van der Waals surface area contributed by atoms with Crippen molar-refractivity contribution in [3.05, 3.63) is 289 Å². The molecule has 0 bridgehead atoms. The molecular weight excluding hydrogens is 1300 g/mol. The summed E-state index contributed by atoms with van der Waals surface area (Å²) in [5, 5.41) is 6.99. The third kappa shape index (κ3) is 8.01. The van der Waals surface area contributed by atoms with Gasteiger partial charge in [0.2, 0.25) is 0 Å². The van der Waals surface area contributed by atoms with Crippen LogP contribution in [0.15, 0.2) is 237 Å². The summed E-state index contributed by atoms with van der Waals surface area (Å²) in [4.78, 5) is 9.82. The topological polar surface area (TPSA) is 25.4 Å². The van der Waals surface area contributed by atoms with Crippen molar-refractivity contribution in [1.82, 2.24) is 0 Å². The van der Waals surface area contributed by atoms with E-state index in [2.05, 4.69) is 77.7 Å². The minimum atomic E-state index is -0.871. The summed E-state index contributed by atoms with van der Waals surface area (Å²) in [6.45, 7) is 4.04. The second-order valence-electron chi connectivity index (χ2n) is 29.1. The minimum Gasteiger partial charge on any atom is -0.452 e. The van der Waals surface area contributed by atoms with E-state index >= 15 is 35.1 Å². The lowest BCUT2D eigenvalue weighted by Gasteiger charge is -2.53. The molecule has 17 heteroatoms. The molecule has 15 aromatic carbocycles. The van der Waals surface area contributed by atoms with Gasteiger partial charge in [-0.1, -0.05) is 148 Å². The van der Waals surface area contributed by atoms with Crippen LogP contribution in [0.1, 0.15) is 26.3 Å². The van der Waals surface area contributed by atoms with Crippen LogP contribution in [0.2, 0.25) is 0 Å². The fourth-order valence-electron chi connectivity index (χ4n) is 18.3. The molecule has 7 aliphatic rings. The summed E-state index contributed by atoms with van der Waals surface area (Å²) in [7, 11) is 0. The highest BCUT2D eigenvalue weighted by atomic mass is 19.2. The zero-order chi connectivity index (χ0) is 69.2. The van der Waals surface area contributed by atoms with Gasteiger partial charge in [-0.15, -0.1) is 0 Å². The lowest BCUT2D eigenvalue weighted by atomic mass is 9.27. The smallest absolute Gasteiger partial charge is 0.252 e. The van der Waals surface area contributed by atoms with Crippen LogP contribution in [0.3, 0.4) is 0 Å². The van der Waals surface area contributed by atoms with Crippen molar-refractivity contribution >= 4 is 198 Å². The molecule has 0 saturated heterocycles. The van der Waals surface area contributed by atoms with Gasteiger partial charge in [-0.25, -0.2) is 35.1 Å². The van der Waals surface area contributed by atoms with Gasteiger partial charge in [0.25, 0.3) is 20.1 Å². The minimum absolute atomic E-state index is 0.0850. The number of hydrogen-bond acceptors (Lipinski definition) is 6. The van der Waals surface area contributed by atoms with E-state index in [1.807, 2.05) is 131 Å². The lowest BCUT2D eigenvalue weighted by molar-refractivity contribution is 0.489. The van der Waals surface area contributed by atoms with Gasteiger partial charge < -0.3 is 29.2 Å². The fourth-order valence-corrected chi connectivity index (χ4v) is 18.3. The summed E-state index contributed by atoms with van der Waals surface area (Å²) in [5.74, 6) is -5.46. The maximum Gasteiger partial charge on any atom is 0.252 e. The number of benzene rings is 15. The molecule has 0 atom stereocenters. The Morgan fingerprint density at radius 3 is 0.922 bits per heavy atom. The Morgan fingerprint density at radius 1 is 0.262 bits per heavy atom. The highest BCUT2D eigenvalue weighted by Gasteiger charge is 2.56. The number of hydrogen-bond donors (Lipinski definition) is 0. The predicted molar refractivity (Wildman–Crippen MR) is 402 cm³/mol. The third-order valence-corrected chi connectivity index (χ3v) is 22.3. The first kappa shape index (κ1) is 58.6. The molecule has 15 aromatic rings. The van der Waals surface area contributed by atoms with Crippen LogP contribution in [0.25, 0.3) is 43.1 Å². The largest absolute Gasteiger partial charge is 0.452 e. The molecule has 488 valence electrons. The number of anilines is 15. The fraction of sp³-hybridized carbons (Fsp3) is 0.0465. The third-order valence-electron chi connectivity index (χ3n) is 22.3. The molecule has 0 fully saturated rings. The highest BCUT2D eigenvalue weighted by molar-refractivity contribution is 7.06. The summed E-state index contributed by atoms with van der Waals surface area (Å²) in [6.07, 6.45) is 0. The van der Waals surface area contributed by atoms with Crippen LogP contribution in [0, 0.1) is 46.5 Å². The van der Waals surface area contributed by atoms with Crippen molar-refractivity contribution in [2.24, 2.45) is 0 Å². The van der Waals surface area contributed by atoms with Crippen molar-refractivity contribution < 1.29 is 39.9 Å². The summed E-state index contributed by atoms with van der Waals surface area (Å²) in [5.41, 5.74) is 14.2. The Labute approximate surface area is 585 Å². The average molecular weight is 1350 g/mol. The number of rotatable bonds is 4. The highest BCUT2D eigenvalue weighted by Crippen LogP contribution is 2.60. The van der Waals surface area contributed by atoms with E-state index in [0.29, 0.717) is 73.4 Å². The molecule has 103 heavy (non-hydrogen) atoms. The van der Waals surface area contributed by atoms with Gasteiger partial charge in [-0.3, -0.25) is 0 Å². The normalized spacial score (nSPS) is 14.3. The molecule has 7 heterocycles. The Hall–Kier alpha value is -12.2.